The van der Waals surface area contributed by atoms with Crippen LogP contribution in [-0.2, 0) is 11.2 Å². The summed E-state index contributed by atoms with van der Waals surface area (Å²) in [6.45, 7) is 0. The third kappa shape index (κ3) is 3.78. The molecule has 0 saturated carbocycles. The number of halogens is 2. The maximum Gasteiger partial charge on any atom is 0.320 e. The van der Waals surface area contributed by atoms with Crippen LogP contribution in [0.5, 0.6) is 0 Å². The molecule has 17 heavy (non-hydrogen) atoms. The molecule has 1 unspecified atom stereocenters. The average Bonchev–Trinajstić information content (AvgIpc) is 2.22. The third-order valence-corrected chi connectivity index (χ3v) is 2.60. The zero-order valence-corrected chi connectivity index (χ0v) is 9.78. The molecule has 0 bridgehead atoms. The van der Waals surface area contributed by atoms with Gasteiger partial charge >= 0.3 is 5.97 Å². The number of hydrogen-bond donors (Lipinski definition) is 1. The summed E-state index contributed by atoms with van der Waals surface area (Å²) < 4.78 is 26.2. The lowest BCUT2D eigenvalue weighted by molar-refractivity contribution is -0.142. The molecule has 0 amide bonds. The number of carbonyl (C=O) groups is 1. The fourth-order valence-corrected chi connectivity index (χ4v) is 1.63. The first-order valence-electron chi connectivity index (χ1n) is 5.25. The molecule has 5 heteroatoms. The van der Waals surface area contributed by atoms with Crippen LogP contribution < -0.4 is 0 Å². The Labute approximate surface area is 98.7 Å². The van der Waals surface area contributed by atoms with Gasteiger partial charge < -0.3 is 5.11 Å². The zero-order valence-electron chi connectivity index (χ0n) is 9.78. The number of carboxylic acids is 1. The minimum absolute atomic E-state index is 0.193. The predicted molar refractivity (Wildman–Crippen MR) is 59.8 cm³/mol. The van der Waals surface area contributed by atoms with E-state index in [1.165, 1.54) is 0 Å². The Morgan fingerprint density at radius 2 is 2.06 bits per heavy atom. The van der Waals surface area contributed by atoms with Crippen LogP contribution in [0.4, 0.5) is 8.78 Å². The predicted octanol–water partition coefficient (Wildman–Crippen LogP) is 1.91. The van der Waals surface area contributed by atoms with Crippen LogP contribution in [0.3, 0.4) is 0 Å². The molecule has 1 N–H and O–H groups in total. The van der Waals surface area contributed by atoms with Gasteiger partial charge in [0.25, 0.3) is 0 Å². The molecule has 0 spiro atoms. The monoisotopic (exact) mass is 243 g/mol. The van der Waals surface area contributed by atoms with Gasteiger partial charge in [-0.2, -0.15) is 0 Å². The molecule has 1 rings (SSSR count). The minimum Gasteiger partial charge on any atom is -0.480 e. The van der Waals surface area contributed by atoms with Crippen molar-refractivity contribution >= 4 is 5.97 Å². The summed E-state index contributed by atoms with van der Waals surface area (Å²) in [5.41, 5.74) is 0.207. The van der Waals surface area contributed by atoms with Gasteiger partial charge in [0, 0.05) is 0 Å². The van der Waals surface area contributed by atoms with Crippen LogP contribution in [-0.4, -0.2) is 36.1 Å². The van der Waals surface area contributed by atoms with Crippen LogP contribution in [0.1, 0.15) is 12.0 Å². The highest BCUT2D eigenvalue weighted by atomic mass is 19.1. The van der Waals surface area contributed by atoms with Crippen LogP contribution >= 0.6 is 0 Å². The van der Waals surface area contributed by atoms with Gasteiger partial charge in [-0.15, -0.1) is 0 Å². The maximum absolute atomic E-state index is 13.3. The molecule has 1 aromatic rings. The summed E-state index contributed by atoms with van der Waals surface area (Å²) in [5, 5.41) is 8.94. The first-order valence-corrected chi connectivity index (χ1v) is 5.25. The van der Waals surface area contributed by atoms with E-state index >= 15 is 0 Å². The third-order valence-electron chi connectivity index (χ3n) is 2.60. The van der Waals surface area contributed by atoms with E-state index in [-0.39, 0.29) is 18.4 Å². The van der Waals surface area contributed by atoms with E-state index in [0.717, 1.165) is 18.2 Å². The zero-order chi connectivity index (χ0) is 13.0. The minimum atomic E-state index is -0.966. The maximum atomic E-state index is 13.3. The quantitative estimate of drug-likeness (QED) is 0.858. The molecular weight excluding hydrogens is 228 g/mol. The molecule has 0 heterocycles. The van der Waals surface area contributed by atoms with E-state index in [1.807, 2.05) is 0 Å². The molecule has 0 radical (unpaired) electrons. The topological polar surface area (TPSA) is 40.5 Å². The van der Waals surface area contributed by atoms with Gasteiger partial charge in [0.2, 0.25) is 0 Å². The Hall–Kier alpha value is -1.49. The lowest BCUT2D eigenvalue weighted by atomic mass is 10.0. The van der Waals surface area contributed by atoms with Crippen molar-refractivity contribution in [1.29, 1.82) is 0 Å². The van der Waals surface area contributed by atoms with Crippen molar-refractivity contribution in [3.8, 4) is 0 Å². The Morgan fingerprint density at radius 1 is 1.41 bits per heavy atom. The van der Waals surface area contributed by atoms with E-state index in [0.29, 0.717) is 0 Å². The summed E-state index contributed by atoms with van der Waals surface area (Å²) in [7, 11) is 3.28. The van der Waals surface area contributed by atoms with Crippen LogP contribution in [0.15, 0.2) is 18.2 Å². The number of hydrogen-bond acceptors (Lipinski definition) is 2. The van der Waals surface area contributed by atoms with Crippen molar-refractivity contribution in [2.24, 2.45) is 0 Å². The fraction of sp³-hybridized carbons (Fsp3) is 0.417. The second-order valence-corrected chi connectivity index (χ2v) is 4.09. The van der Waals surface area contributed by atoms with Crippen molar-refractivity contribution in [2.45, 2.75) is 18.9 Å². The molecule has 0 fully saturated rings. The number of likely N-dealkylation sites (N-methyl/N-ethyl adjacent to an activating group) is 1. The van der Waals surface area contributed by atoms with Gasteiger partial charge in [-0.1, -0.05) is 0 Å². The summed E-state index contributed by atoms with van der Waals surface area (Å²) >= 11 is 0. The molecule has 0 aliphatic carbocycles. The summed E-state index contributed by atoms with van der Waals surface area (Å²) in [5.74, 6) is -1.99. The van der Waals surface area contributed by atoms with Crippen LogP contribution in [0, 0.1) is 11.6 Å². The van der Waals surface area contributed by atoms with Gasteiger partial charge in [-0.3, -0.25) is 9.69 Å². The number of nitrogens with zero attached hydrogens (tertiary/aromatic N) is 1. The molecule has 0 saturated heterocycles. The highest BCUT2D eigenvalue weighted by Crippen LogP contribution is 2.14. The molecule has 1 atom stereocenters. The molecule has 1 aromatic carbocycles. The smallest absolute Gasteiger partial charge is 0.320 e. The van der Waals surface area contributed by atoms with Crippen LogP contribution in [0.25, 0.3) is 0 Å². The van der Waals surface area contributed by atoms with Crippen molar-refractivity contribution in [3.63, 3.8) is 0 Å². The van der Waals surface area contributed by atoms with Gasteiger partial charge in [-0.25, -0.2) is 8.78 Å². The van der Waals surface area contributed by atoms with E-state index in [1.54, 1.807) is 19.0 Å². The first-order chi connectivity index (χ1) is 7.91. The van der Waals surface area contributed by atoms with Crippen molar-refractivity contribution < 1.29 is 18.7 Å². The number of aryl methyl sites for hydroxylation is 1. The van der Waals surface area contributed by atoms with Gasteiger partial charge in [0.1, 0.15) is 17.7 Å². The molecule has 0 aliphatic heterocycles. The Balaban J connectivity index is 2.72. The standard InChI is InChI=1S/C12H15F2NO2/c1-15(2)11(12(16)17)6-3-8-7-9(13)4-5-10(8)14/h4-5,7,11H,3,6H2,1-2H3,(H,16,17). The van der Waals surface area contributed by atoms with Crippen LogP contribution in [0.2, 0.25) is 0 Å². The molecule has 0 aromatic heterocycles. The van der Waals surface area contributed by atoms with E-state index in [2.05, 4.69) is 0 Å². The van der Waals surface area contributed by atoms with Crippen molar-refractivity contribution in [2.75, 3.05) is 14.1 Å². The second kappa shape index (κ2) is 5.72. The Morgan fingerprint density at radius 3 is 2.59 bits per heavy atom. The lowest BCUT2D eigenvalue weighted by Gasteiger charge is -2.19. The fourth-order valence-electron chi connectivity index (χ4n) is 1.63. The highest BCUT2D eigenvalue weighted by molar-refractivity contribution is 5.73. The number of carboxylic acid groups (broad SMARTS) is 1. The number of rotatable bonds is 5. The van der Waals surface area contributed by atoms with E-state index in [4.69, 9.17) is 5.11 Å². The number of benzene rings is 1. The summed E-state index contributed by atoms with van der Waals surface area (Å²) in [6.07, 6.45) is 0.432. The van der Waals surface area contributed by atoms with Crippen molar-refractivity contribution in [3.05, 3.63) is 35.4 Å². The molecular formula is C12H15F2NO2. The van der Waals surface area contributed by atoms with E-state index < -0.39 is 23.6 Å². The SMILES string of the molecule is CN(C)C(CCc1cc(F)ccc1F)C(=O)O. The summed E-state index contributed by atoms with van der Waals surface area (Å²) in [6, 6.07) is 2.50. The Bertz CT molecular complexity index is 407. The molecule has 3 nitrogen and oxygen atoms in total. The summed E-state index contributed by atoms with van der Waals surface area (Å²) in [4.78, 5) is 12.4. The molecule has 0 aliphatic rings. The highest BCUT2D eigenvalue weighted by Gasteiger charge is 2.20. The van der Waals surface area contributed by atoms with Gasteiger partial charge in [0.15, 0.2) is 0 Å². The largest absolute Gasteiger partial charge is 0.480 e. The van der Waals surface area contributed by atoms with E-state index in [9.17, 15) is 13.6 Å². The molecule has 94 valence electrons. The Kier molecular flexibility index (Phi) is 4.57. The lowest BCUT2D eigenvalue weighted by Crippen LogP contribution is -2.36. The normalized spacial score (nSPS) is 12.8. The average molecular weight is 243 g/mol. The first kappa shape index (κ1) is 13.6. The number of aliphatic carboxylic acids is 1. The second-order valence-electron chi connectivity index (χ2n) is 4.09. The van der Waals surface area contributed by atoms with Gasteiger partial charge in [-0.05, 0) is 50.7 Å². The van der Waals surface area contributed by atoms with Crippen molar-refractivity contribution in [1.82, 2.24) is 4.90 Å². The van der Waals surface area contributed by atoms with Gasteiger partial charge in [0.05, 0.1) is 0 Å².